The molecule has 2 N–H and O–H groups in total. The Labute approximate surface area is 163 Å². The highest BCUT2D eigenvalue weighted by atomic mass is 127. The fourth-order valence-corrected chi connectivity index (χ4v) is 2.69. The van der Waals surface area contributed by atoms with Crippen molar-refractivity contribution in [2.75, 3.05) is 33.4 Å². The number of hydrogen-bond donors (Lipinski definition) is 2. The van der Waals surface area contributed by atoms with Crippen molar-refractivity contribution in [1.82, 2.24) is 10.6 Å². The van der Waals surface area contributed by atoms with Gasteiger partial charge in [0.25, 0.3) is 0 Å². The van der Waals surface area contributed by atoms with E-state index < -0.39 is 0 Å². The number of ether oxygens (including phenoxy) is 1. The summed E-state index contributed by atoms with van der Waals surface area (Å²) in [5, 5.41) is 6.73. The first-order valence-corrected chi connectivity index (χ1v) is 8.78. The number of rotatable bonds is 9. The third-order valence-corrected chi connectivity index (χ3v) is 4.28. The smallest absolute Gasteiger partial charge is 0.191 e. The summed E-state index contributed by atoms with van der Waals surface area (Å²) in [5.74, 6) is 3.00. The van der Waals surface area contributed by atoms with Crippen LogP contribution >= 0.6 is 24.0 Å². The summed E-state index contributed by atoms with van der Waals surface area (Å²) in [6.45, 7) is 7.77. The standard InChI is InChI=1S/C19H31N3O.HI/c1-15(2)9-11-23-12-10-21-19(20-3)22-14-17-13-18(17)16-7-5-4-6-8-16;/h4-8,15,17-18H,9-14H2,1-3H3,(H2,20,21,22);1H. The molecular weight excluding hydrogens is 413 g/mol. The first-order chi connectivity index (χ1) is 11.2. The second-order valence-electron chi connectivity index (χ2n) is 6.69. The Kier molecular flexibility index (Phi) is 10.3. The zero-order valence-corrected chi connectivity index (χ0v) is 17.5. The van der Waals surface area contributed by atoms with Gasteiger partial charge in [-0.1, -0.05) is 44.2 Å². The van der Waals surface area contributed by atoms with Crippen molar-refractivity contribution in [2.24, 2.45) is 16.8 Å². The lowest BCUT2D eigenvalue weighted by atomic mass is 10.1. The van der Waals surface area contributed by atoms with Gasteiger partial charge in [0, 0.05) is 26.7 Å². The van der Waals surface area contributed by atoms with E-state index in [-0.39, 0.29) is 24.0 Å². The molecule has 0 amide bonds. The van der Waals surface area contributed by atoms with Crippen LogP contribution in [0.2, 0.25) is 0 Å². The lowest BCUT2D eigenvalue weighted by Gasteiger charge is -2.12. The Hall–Kier alpha value is -0.820. The van der Waals surface area contributed by atoms with Crippen molar-refractivity contribution in [2.45, 2.75) is 32.6 Å². The maximum absolute atomic E-state index is 5.61. The number of nitrogens with one attached hydrogen (secondary N) is 2. The number of benzene rings is 1. The van der Waals surface area contributed by atoms with Crippen molar-refractivity contribution in [3.8, 4) is 0 Å². The van der Waals surface area contributed by atoms with Crippen LogP contribution in [0.15, 0.2) is 35.3 Å². The van der Waals surface area contributed by atoms with Crippen molar-refractivity contribution < 1.29 is 4.74 Å². The predicted octanol–water partition coefficient (Wildman–Crippen LogP) is 3.64. The van der Waals surface area contributed by atoms with Crippen LogP contribution in [0, 0.1) is 11.8 Å². The second kappa shape index (κ2) is 11.7. The summed E-state index contributed by atoms with van der Waals surface area (Å²) >= 11 is 0. The molecule has 2 rings (SSSR count). The molecule has 24 heavy (non-hydrogen) atoms. The monoisotopic (exact) mass is 445 g/mol. The van der Waals surface area contributed by atoms with Gasteiger partial charge in [-0.05, 0) is 36.2 Å². The van der Waals surface area contributed by atoms with Crippen LogP contribution in [-0.2, 0) is 4.74 Å². The molecule has 136 valence electrons. The highest BCUT2D eigenvalue weighted by Crippen LogP contribution is 2.46. The quantitative estimate of drug-likeness (QED) is 0.264. The SMILES string of the molecule is CN=C(NCCOCCC(C)C)NCC1CC1c1ccccc1.I. The molecule has 2 atom stereocenters. The Morgan fingerprint density at radius 1 is 1.21 bits per heavy atom. The molecule has 4 nitrogen and oxygen atoms in total. The molecule has 2 unspecified atom stereocenters. The number of halogens is 1. The minimum absolute atomic E-state index is 0. The Balaban J connectivity index is 0.00000288. The molecule has 1 aromatic rings. The van der Waals surface area contributed by atoms with Crippen molar-refractivity contribution in [1.29, 1.82) is 0 Å². The first-order valence-electron chi connectivity index (χ1n) is 8.78. The largest absolute Gasteiger partial charge is 0.380 e. The molecule has 1 aliphatic carbocycles. The van der Waals surface area contributed by atoms with Gasteiger partial charge >= 0.3 is 0 Å². The van der Waals surface area contributed by atoms with Gasteiger partial charge in [-0.25, -0.2) is 0 Å². The lowest BCUT2D eigenvalue weighted by molar-refractivity contribution is 0.128. The second-order valence-corrected chi connectivity index (χ2v) is 6.69. The van der Waals surface area contributed by atoms with E-state index in [9.17, 15) is 0 Å². The Bertz CT molecular complexity index is 479. The average molecular weight is 445 g/mol. The van der Waals surface area contributed by atoms with Crippen LogP contribution in [0.3, 0.4) is 0 Å². The van der Waals surface area contributed by atoms with E-state index in [0.29, 0.717) is 11.8 Å². The molecule has 1 fully saturated rings. The van der Waals surface area contributed by atoms with E-state index in [1.165, 1.54) is 12.0 Å². The van der Waals surface area contributed by atoms with Gasteiger partial charge in [-0.3, -0.25) is 4.99 Å². The third kappa shape index (κ3) is 7.83. The highest BCUT2D eigenvalue weighted by molar-refractivity contribution is 14.0. The zero-order valence-electron chi connectivity index (χ0n) is 15.1. The van der Waals surface area contributed by atoms with Crippen molar-refractivity contribution in [3.63, 3.8) is 0 Å². The van der Waals surface area contributed by atoms with E-state index in [1.807, 2.05) is 7.05 Å². The first kappa shape index (κ1) is 21.2. The van der Waals surface area contributed by atoms with Gasteiger partial charge in [0.15, 0.2) is 5.96 Å². The topological polar surface area (TPSA) is 45.7 Å². The fourth-order valence-electron chi connectivity index (χ4n) is 2.69. The number of hydrogen-bond acceptors (Lipinski definition) is 2. The molecule has 0 heterocycles. The van der Waals surface area contributed by atoms with Gasteiger partial charge in [0.05, 0.1) is 6.61 Å². The average Bonchev–Trinajstić information content (AvgIpc) is 3.33. The molecule has 1 saturated carbocycles. The number of guanidine groups is 1. The molecule has 0 saturated heterocycles. The summed E-state index contributed by atoms with van der Waals surface area (Å²) in [6, 6.07) is 10.8. The fraction of sp³-hybridized carbons (Fsp3) is 0.632. The number of aliphatic imine (C=N–C) groups is 1. The van der Waals surface area contributed by atoms with E-state index in [1.54, 1.807) is 0 Å². The molecule has 5 heteroatoms. The third-order valence-electron chi connectivity index (χ3n) is 4.28. The number of nitrogens with zero attached hydrogens (tertiary/aromatic N) is 1. The van der Waals surface area contributed by atoms with Crippen molar-refractivity contribution in [3.05, 3.63) is 35.9 Å². The maximum Gasteiger partial charge on any atom is 0.191 e. The van der Waals surface area contributed by atoms with Crippen LogP contribution in [0.4, 0.5) is 0 Å². The maximum atomic E-state index is 5.61. The van der Waals surface area contributed by atoms with Gasteiger partial charge < -0.3 is 15.4 Å². The van der Waals surface area contributed by atoms with E-state index in [2.05, 4.69) is 59.8 Å². The summed E-state index contributed by atoms with van der Waals surface area (Å²) in [7, 11) is 1.82. The van der Waals surface area contributed by atoms with Crippen LogP contribution in [0.1, 0.15) is 38.2 Å². The minimum Gasteiger partial charge on any atom is -0.380 e. The van der Waals surface area contributed by atoms with Gasteiger partial charge in [-0.15, -0.1) is 24.0 Å². The summed E-state index contributed by atoms with van der Waals surface area (Å²) < 4.78 is 5.61. The Morgan fingerprint density at radius 3 is 2.62 bits per heavy atom. The van der Waals surface area contributed by atoms with E-state index in [0.717, 1.165) is 44.6 Å². The molecule has 1 aliphatic rings. The summed E-state index contributed by atoms with van der Waals surface area (Å²) in [5.41, 5.74) is 1.46. The van der Waals surface area contributed by atoms with Crippen molar-refractivity contribution >= 4 is 29.9 Å². The minimum atomic E-state index is 0. The van der Waals surface area contributed by atoms with Crippen LogP contribution in [0.5, 0.6) is 0 Å². The van der Waals surface area contributed by atoms with E-state index in [4.69, 9.17) is 4.74 Å². The molecular formula is C19H32IN3O. The predicted molar refractivity (Wildman–Crippen MR) is 112 cm³/mol. The molecule has 0 bridgehead atoms. The van der Waals surface area contributed by atoms with E-state index >= 15 is 0 Å². The molecule has 0 radical (unpaired) electrons. The van der Waals surface area contributed by atoms with Gasteiger partial charge in [0.2, 0.25) is 0 Å². The van der Waals surface area contributed by atoms with Crippen LogP contribution in [-0.4, -0.2) is 39.3 Å². The Morgan fingerprint density at radius 2 is 1.96 bits per heavy atom. The van der Waals surface area contributed by atoms with Crippen LogP contribution < -0.4 is 10.6 Å². The molecule has 1 aromatic carbocycles. The molecule has 0 spiro atoms. The summed E-state index contributed by atoms with van der Waals surface area (Å²) in [4.78, 5) is 4.27. The lowest BCUT2D eigenvalue weighted by Crippen LogP contribution is -2.40. The van der Waals surface area contributed by atoms with Gasteiger partial charge in [-0.2, -0.15) is 0 Å². The normalized spacial score (nSPS) is 19.8. The molecule has 0 aliphatic heterocycles. The summed E-state index contributed by atoms with van der Waals surface area (Å²) in [6.07, 6.45) is 2.39. The highest BCUT2D eigenvalue weighted by Gasteiger charge is 2.37. The van der Waals surface area contributed by atoms with Gasteiger partial charge in [0.1, 0.15) is 0 Å². The molecule has 0 aromatic heterocycles. The zero-order chi connectivity index (χ0) is 16.5. The van der Waals surface area contributed by atoms with Crippen LogP contribution in [0.25, 0.3) is 0 Å².